The molecule has 2 saturated heterocycles. The lowest BCUT2D eigenvalue weighted by Gasteiger charge is -2.36. The highest BCUT2D eigenvalue weighted by atomic mass is 16.2. The normalized spacial score (nSPS) is 24.4. The molecule has 0 saturated carbocycles. The summed E-state index contributed by atoms with van der Waals surface area (Å²) in [6.45, 7) is 7.12. The third-order valence-corrected chi connectivity index (χ3v) is 4.56. The fraction of sp³-hybridized carbons (Fsp3) is 0.562. The van der Waals surface area contributed by atoms with Crippen LogP contribution in [0.2, 0.25) is 0 Å². The van der Waals surface area contributed by atoms with Crippen molar-refractivity contribution in [1.82, 2.24) is 15.1 Å². The fourth-order valence-corrected chi connectivity index (χ4v) is 3.20. The third kappa shape index (κ3) is 2.80. The number of amides is 2. The zero-order valence-electron chi connectivity index (χ0n) is 12.1. The minimum Gasteiger partial charge on any atom is -0.336 e. The number of carbonyl (C=O) groups excluding carboxylic acids is 1. The predicted molar refractivity (Wildman–Crippen MR) is 79.8 cm³/mol. The van der Waals surface area contributed by atoms with Crippen molar-refractivity contribution in [1.29, 1.82) is 0 Å². The van der Waals surface area contributed by atoms with Crippen LogP contribution in [-0.4, -0.2) is 54.6 Å². The highest BCUT2D eigenvalue weighted by Crippen LogP contribution is 2.20. The maximum Gasteiger partial charge on any atom is 0.317 e. The van der Waals surface area contributed by atoms with E-state index in [1.807, 2.05) is 4.90 Å². The quantitative estimate of drug-likeness (QED) is 0.909. The van der Waals surface area contributed by atoms with E-state index in [1.54, 1.807) is 0 Å². The van der Waals surface area contributed by atoms with Gasteiger partial charge in [-0.15, -0.1) is 0 Å². The van der Waals surface area contributed by atoms with Crippen LogP contribution in [0.1, 0.15) is 24.8 Å². The number of hydrogen-bond donors (Lipinski definition) is 1. The number of nitrogens with zero attached hydrogens (tertiary/aromatic N) is 2. The number of benzene rings is 1. The topological polar surface area (TPSA) is 35.6 Å². The second-order valence-corrected chi connectivity index (χ2v) is 5.93. The van der Waals surface area contributed by atoms with Crippen molar-refractivity contribution in [3.8, 4) is 0 Å². The van der Waals surface area contributed by atoms with E-state index in [4.69, 9.17) is 0 Å². The Morgan fingerprint density at radius 2 is 2.10 bits per heavy atom. The zero-order valence-corrected chi connectivity index (χ0v) is 12.1. The summed E-state index contributed by atoms with van der Waals surface area (Å²) >= 11 is 0. The second-order valence-electron chi connectivity index (χ2n) is 5.93. The van der Waals surface area contributed by atoms with E-state index in [1.165, 1.54) is 12.0 Å². The third-order valence-electron chi connectivity index (χ3n) is 4.56. The summed E-state index contributed by atoms with van der Waals surface area (Å²) in [5, 5.41) is 2.93. The molecule has 0 bridgehead atoms. The van der Waals surface area contributed by atoms with Crippen LogP contribution in [-0.2, 0) is 0 Å². The van der Waals surface area contributed by atoms with Gasteiger partial charge < -0.3 is 10.2 Å². The Morgan fingerprint density at radius 3 is 2.90 bits per heavy atom. The fourth-order valence-electron chi connectivity index (χ4n) is 3.20. The lowest BCUT2D eigenvalue weighted by molar-refractivity contribution is 0.119. The molecule has 2 atom stereocenters. The Bertz CT molecular complexity index is 462. The van der Waals surface area contributed by atoms with Crippen molar-refractivity contribution >= 4 is 6.03 Å². The van der Waals surface area contributed by atoms with E-state index in [0.717, 1.165) is 32.7 Å². The SMILES string of the molecule is CC(CCN1CCN2C(=O)NCC2C1)c1ccccc1. The number of piperazine rings is 1. The van der Waals surface area contributed by atoms with E-state index < -0.39 is 0 Å². The van der Waals surface area contributed by atoms with E-state index in [2.05, 4.69) is 47.5 Å². The van der Waals surface area contributed by atoms with Crippen molar-refractivity contribution in [3.05, 3.63) is 35.9 Å². The van der Waals surface area contributed by atoms with Crippen molar-refractivity contribution in [2.24, 2.45) is 0 Å². The summed E-state index contributed by atoms with van der Waals surface area (Å²) in [5.74, 6) is 0.595. The van der Waals surface area contributed by atoms with Crippen LogP contribution in [0.5, 0.6) is 0 Å². The molecule has 1 N–H and O–H groups in total. The highest BCUT2D eigenvalue weighted by molar-refractivity contribution is 5.77. The molecule has 108 valence electrons. The molecule has 4 heteroatoms. The summed E-state index contributed by atoms with van der Waals surface area (Å²) < 4.78 is 0. The van der Waals surface area contributed by atoms with Gasteiger partial charge in [-0.05, 0) is 24.4 Å². The van der Waals surface area contributed by atoms with Gasteiger partial charge in [0.2, 0.25) is 0 Å². The van der Waals surface area contributed by atoms with Gasteiger partial charge in [-0.25, -0.2) is 4.79 Å². The minimum atomic E-state index is 0.118. The van der Waals surface area contributed by atoms with Gasteiger partial charge in [-0.1, -0.05) is 37.3 Å². The first-order valence-electron chi connectivity index (χ1n) is 7.56. The molecule has 2 aliphatic heterocycles. The van der Waals surface area contributed by atoms with Gasteiger partial charge in [0.15, 0.2) is 0 Å². The molecule has 0 aliphatic carbocycles. The maximum atomic E-state index is 11.6. The van der Waals surface area contributed by atoms with Crippen LogP contribution in [0.4, 0.5) is 4.79 Å². The van der Waals surface area contributed by atoms with Crippen molar-refractivity contribution in [2.75, 3.05) is 32.7 Å². The molecular weight excluding hydrogens is 250 g/mol. The Morgan fingerprint density at radius 1 is 1.30 bits per heavy atom. The van der Waals surface area contributed by atoms with Crippen LogP contribution in [0, 0.1) is 0 Å². The molecule has 0 spiro atoms. The van der Waals surface area contributed by atoms with Crippen LogP contribution in [0.15, 0.2) is 30.3 Å². The summed E-state index contributed by atoms with van der Waals surface area (Å²) in [4.78, 5) is 16.0. The van der Waals surface area contributed by atoms with E-state index in [-0.39, 0.29) is 6.03 Å². The van der Waals surface area contributed by atoms with Gasteiger partial charge >= 0.3 is 6.03 Å². The molecule has 1 aromatic rings. The largest absolute Gasteiger partial charge is 0.336 e. The van der Waals surface area contributed by atoms with Gasteiger partial charge in [0.1, 0.15) is 0 Å². The van der Waals surface area contributed by atoms with E-state index in [9.17, 15) is 4.79 Å². The molecule has 2 fully saturated rings. The summed E-state index contributed by atoms with van der Waals surface area (Å²) in [6, 6.07) is 11.2. The molecule has 2 aliphatic rings. The number of fused-ring (bicyclic) bond motifs is 1. The van der Waals surface area contributed by atoms with Crippen LogP contribution in [0.3, 0.4) is 0 Å². The molecule has 3 rings (SSSR count). The van der Waals surface area contributed by atoms with Gasteiger partial charge in [0.25, 0.3) is 0 Å². The molecule has 0 aromatic heterocycles. The zero-order chi connectivity index (χ0) is 13.9. The molecule has 4 nitrogen and oxygen atoms in total. The van der Waals surface area contributed by atoms with E-state index in [0.29, 0.717) is 12.0 Å². The molecule has 2 amide bonds. The minimum absolute atomic E-state index is 0.118. The standard InChI is InChI=1S/C16H23N3O/c1-13(14-5-3-2-4-6-14)7-8-18-9-10-19-15(12-18)11-17-16(19)20/h2-6,13,15H,7-12H2,1H3,(H,17,20). The molecule has 2 heterocycles. The summed E-state index contributed by atoms with van der Waals surface area (Å²) in [6.07, 6.45) is 1.18. The van der Waals surface area contributed by atoms with Gasteiger partial charge in [0.05, 0.1) is 6.04 Å². The first-order valence-corrected chi connectivity index (χ1v) is 7.56. The Balaban J connectivity index is 1.49. The second kappa shape index (κ2) is 5.83. The number of rotatable bonds is 4. The Hall–Kier alpha value is -1.55. The Kier molecular flexibility index (Phi) is 3.92. The molecule has 2 unspecified atom stereocenters. The number of hydrogen-bond acceptors (Lipinski definition) is 2. The maximum absolute atomic E-state index is 11.6. The van der Waals surface area contributed by atoms with Crippen LogP contribution >= 0.6 is 0 Å². The average Bonchev–Trinajstić information content (AvgIpc) is 2.87. The van der Waals surface area contributed by atoms with Gasteiger partial charge in [-0.2, -0.15) is 0 Å². The molecule has 20 heavy (non-hydrogen) atoms. The number of urea groups is 1. The van der Waals surface area contributed by atoms with Gasteiger partial charge in [0, 0.05) is 26.2 Å². The molecular formula is C16H23N3O. The summed E-state index contributed by atoms with van der Waals surface area (Å²) in [5.41, 5.74) is 1.42. The first kappa shape index (κ1) is 13.4. The van der Waals surface area contributed by atoms with Gasteiger partial charge in [-0.3, -0.25) is 4.90 Å². The monoisotopic (exact) mass is 273 g/mol. The number of carbonyl (C=O) groups is 1. The summed E-state index contributed by atoms with van der Waals surface area (Å²) in [7, 11) is 0. The van der Waals surface area contributed by atoms with Crippen molar-refractivity contribution in [3.63, 3.8) is 0 Å². The van der Waals surface area contributed by atoms with Crippen molar-refractivity contribution < 1.29 is 4.79 Å². The predicted octanol–water partition coefficient (Wildman–Crippen LogP) is 1.89. The van der Waals surface area contributed by atoms with Crippen LogP contribution < -0.4 is 5.32 Å². The first-order chi connectivity index (χ1) is 9.74. The highest BCUT2D eigenvalue weighted by Gasteiger charge is 2.35. The smallest absolute Gasteiger partial charge is 0.317 e. The lowest BCUT2D eigenvalue weighted by Crippen LogP contribution is -2.52. The number of nitrogens with one attached hydrogen (secondary N) is 1. The average molecular weight is 273 g/mol. The molecule has 0 radical (unpaired) electrons. The van der Waals surface area contributed by atoms with E-state index >= 15 is 0 Å². The molecule has 1 aromatic carbocycles. The lowest BCUT2D eigenvalue weighted by atomic mass is 9.97. The Labute approximate surface area is 120 Å². The van der Waals surface area contributed by atoms with Crippen LogP contribution in [0.25, 0.3) is 0 Å². The van der Waals surface area contributed by atoms with Crippen molar-refractivity contribution in [2.45, 2.75) is 25.3 Å².